The molecule has 0 aliphatic rings. The minimum atomic E-state index is 0.180. The summed E-state index contributed by atoms with van der Waals surface area (Å²) in [6, 6.07) is 0. The second-order valence-corrected chi connectivity index (χ2v) is 6.57. The molecule has 0 aromatic heterocycles. The first kappa shape index (κ1) is 22.0. The van der Waals surface area contributed by atoms with Gasteiger partial charge in [-0.3, -0.25) is 4.79 Å². The van der Waals surface area contributed by atoms with Gasteiger partial charge in [0.1, 0.15) is 17.3 Å². The molecule has 0 saturated carbocycles. The lowest BCUT2D eigenvalue weighted by Crippen LogP contribution is -1.94. The van der Waals surface area contributed by atoms with Gasteiger partial charge in [-0.2, -0.15) is 0 Å². The molecular weight excluding hydrogens is 288 g/mol. The van der Waals surface area contributed by atoms with Crippen LogP contribution >= 0.6 is 0 Å². The molecule has 0 radical (unpaired) electrons. The van der Waals surface area contributed by atoms with Crippen molar-refractivity contribution in [3.63, 3.8) is 0 Å². The molecule has 3 nitrogen and oxygen atoms in total. The van der Waals surface area contributed by atoms with Crippen LogP contribution in [0, 0.1) is 0 Å². The number of hydrogen-bond acceptors (Lipinski definition) is 3. The number of carbonyl (C=O) groups excluding carboxylic acids is 1. The average Bonchev–Trinajstić information content (AvgIpc) is 2.56. The monoisotopic (exact) mass is 326 g/mol. The Morgan fingerprint density at radius 3 is 1.43 bits per heavy atom. The van der Waals surface area contributed by atoms with E-state index >= 15 is 0 Å². The zero-order chi connectivity index (χ0) is 17.3. The van der Waals surface area contributed by atoms with Crippen molar-refractivity contribution >= 4 is 5.78 Å². The predicted molar refractivity (Wildman–Crippen MR) is 97.9 cm³/mol. The van der Waals surface area contributed by atoms with E-state index in [1.807, 2.05) is 6.92 Å². The molecule has 0 atom stereocenters. The summed E-state index contributed by atoms with van der Waals surface area (Å²) in [6.45, 7) is 4.12. The molecule has 0 rings (SSSR count). The van der Waals surface area contributed by atoms with E-state index in [0.29, 0.717) is 31.5 Å². The van der Waals surface area contributed by atoms with Crippen molar-refractivity contribution in [2.24, 2.45) is 0 Å². The van der Waals surface area contributed by atoms with Crippen LogP contribution in [0.15, 0.2) is 11.5 Å². The van der Waals surface area contributed by atoms with Crippen LogP contribution in [0.25, 0.3) is 0 Å². The smallest absolute Gasteiger partial charge is 0.132 e. The van der Waals surface area contributed by atoms with Crippen LogP contribution in [0.1, 0.15) is 110 Å². The average molecular weight is 327 g/mol. The van der Waals surface area contributed by atoms with Gasteiger partial charge in [-0.15, -0.1) is 0 Å². The van der Waals surface area contributed by atoms with E-state index in [0.717, 1.165) is 44.9 Å². The Kier molecular flexibility index (Phi) is 15.2. The van der Waals surface area contributed by atoms with E-state index in [4.69, 9.17) is 0 Å². The summed E-state index contributed by atoms with van der Waals surface area (Å²) < 4.78 is 0. The van der Waals surface area contributed by atoms with Gasteiger partial charge in [0, 0.05) is 25.7 Å². The second-order valence-electron chi connectivity index (χ2n) is 6.57. The number of unbranched alkanes of at least 4 members (excludes halogenated alkanes) is 9. The SMILES string of the molecule is CCCCCCCC/C(O)=C(/O)CCCCCCCC(=O)CC. The molecule has 0 unspecified atom stereocenters. The Hall–Kier alpha value is -0.990. The maximum absolute atomic E-state index is 11.2. The molecule has 0 aromatic rings. The van der Waals surface area contributed by atoms with E-state index in [2.05, 4.69) is 6.92 Å². The van der Waals surface area contributed by atoms with Crippen LogP contribution in [0.3, 0.4) is 0 Å². The molecule has 23 heavy (non-hydrogen) atoms. The molecule has 0 fully saturated rings. The van der Waals surface area contributed by atoms with Gasteiger partial charge >= 0.3 is 0 Å². The Labute approximate surface area is 143 Å². The highest BCUT2D eigenvalue weighted by atomic mass is 16.3. The molecule has 3 heteroatoms. The van der Waals surface area contributed by atoms with Crippen LogP contribution in [0.4, 0.5) is 0 Å². The van der Waals surface area contributed by atoms with Crippen LogP contribution in [-0.4, -0.2) is 16.0 Å². The summed E-state index contributed by atoms with van der Waals surface area (Å²) in [5.41, 5.74) is 0. The van der Waals surface area contributed by atoms with Crippen LogP contribution in [0.2, 0.25) is 0 Å². The molecule has 0 spiro atoms. The summed E-state index contributed by atoms with van der Waals surface area (Å²) in [7, 11) is 0. The van der Waals surface area contributed by atoms with E-state index in [-0.39, 0.29) is 11.5 Å². The number of aliphatic hydroxyl groups is 2. The molecule has 0 bridgehead atoms. The molecule has 0 amide bonds. The lowest BCUT2D eigenvalue weighted by molar-refractivity contribution is -0.118. The Morgan fingerprint density at radius 1 is 0.609 bits per heavy atom. The highest BCUT2D eigenvalue weighted by Crippen LogP contribution is 2.16. The van der Waals surface area contributed by atoms with Gasteiger partial charge in [-0.05, 0) is 19.3 Å². The summed E-state index contributed by atoms with van der Waals surface area (Å²) in [5, 5.41) is 19.7. The molecule has 0 heterocycles. The van der Waals surface area contributed by atoms with Gasteiger partial charge in [-0.25, -0.2) is 0 Å². The number of carbonyl (C=O) groups is 1. The highest BCUT2D eigenvalue weighted by Gasteiger charge is 2.04. The standard InChI is InChI=1S/C20H38O3/c1-3-5-6-7-10-13-16-19(22)20(23)17-14-11-8-9-12-15-18(21)4-2/h22-23H,3-17H2,1-2H3/b20-19-. The summed E-state index contributed by atoms with van der Waals surface area (Å²) in [5.74, 6) is 0.721. The zero-order valence-corrected chi connectivity index (χ0v) is 15.4. The van der Waals surface area contributed by atoms with Gasteiger partial charge in [0.2, 0.25) is 0 Å². The normalized spacial score (nSPS) is 12.3. The van der Waals surface area contributed by atoms with Gasteiger partial charge in [0.05, 0.1) is 0 Å². The second kappa shape index (κ2) is 15.9. The van der Waals surface area contributed by atoms with Crippen molar-refractivity contribution in [2.75, 3.05) is 0 Å². The number of allylic oxidation sites excluding steroid dienone is 2. The zero-order valence-electron chi connectivity index (χ0n) is 15.4. The van der Waals surface area contributed by atoms with Gasteiger partial charge < -0.3 is 10.2 Å². The van der Waals surface area contributed by atoms with Gasteiger partial charge in [0.25, 0.3) is 0 Å². The number of rotatable bonds is 16. The molecule has 0 aliphatic carbocycles. The van der Waals surface area contributed by atoms with Crippen molar-refractivity contribution in [2.45, 2.75) is 110 Å². The van der Waals surface area contributed by atoms with Crippen LogP contribution < -0.4 is 0 Å². The number of ketones is 1. The summed E-state index contributed by atoms with van der Waals surface area (Å²) in [4.78, 5) is 11.2. The molecule has 0 aromatic carbocycles. The van der Waals surface area contributed by atoms with Crippen molar-refractivity contribution in [1.29, 1.82) is 0 Å². The fourth-order valence-electron chi connectivity index (χ4n) is 2.68. The number of hydrogen-bond donors (Lipinski definition) is 2. The summed E-state index contributed by atoms with van der Waals surface area (Å²) >= 11 is 0. The molecule has 136 valence electrons. The Morgan fingerprint density at radius 2 is 1.00 bits per heavy atom. The first-order valence-corrected chi connectivity index (χ1v) is 9.73. The van der Waals surface area contributed by atoms with Gasteiger partial charge in [-0.1, -0.05) is 65.2 Å². The van der Waals surface area contributed by atoms with Crippen molar-refractivity contribution in [3.8, 4) is 0 Å². The molecular formula is C20H38O3. The Bertz CT molecular complexity index is 321. The fourth-order valence-corrected chi connectivity index (χ4v) is 2.68. The van der Waals surface area contributed by atoms with E-state index in [9.17, 15) is 15.0 Å². The van der Waals surface area contributed by atoms with Crippen molar-refractivity contribution in [3.05, 3.63) is 11.5 Å². The third-order valence-corrected chi connectivity index (χ3v) is 4.36. The first-order valence-electron chi connectivity index (χ1n) is 9.73. The van der Waals surface area contributed by atoms with E-state index < -0.39 is 0 Å². The third-order valence-electron chi connectivity index (χ3n) is 4.36. The summed E-state index contributed by atoms with van der Waals surface area (Å²) in [6.07, 6.45) is 14.8. The quantitative estimate of drug-likeness (QED) is 0.243. The lowest BCUT2D eigenvalue weighted by Gasteiger charge is -2.06. The highest BCUT2D eigenvalue weighted by molar-refractivity contribution is 5.77. The topological polar surface area (TPSA) is 57.5 Å². The number of aliphatic hydroxyl groups excluding tert-OH is 2. The van der Waals surface area contributed by atoms with Crippen LogP contribution in [-0.2, 0) is 4.79 Å². The molecule has 0 saturated heterocycles. The largest absolute Gasteiger partial charge is 0.509 e. The number of Topliss-reactive ketones (excluding diaryl/α,β-unsaturated/α-hetero) is 1. The molecule has 2 N–H and O–H groups in total. The predicted octanol–water partition coefficient (Wildman–Crippen LogP) is 6.77. The van der Waals surface area contributed by atoms with E-state index in [1.165, 1.54) is 25.7 Å². The fraction of sp³-hybridized carbons (Fsp3) is 0.850. The van der Waals surface area contributed by atoms with E-state index in [1.54, 1.807) is 0 Å². The maximum Gasteiger partial charge on any atom is 0.132 e. The minimum absolute atomic E-state index is 0.180. The maximum atomic E-state index is 11.2. The molecule has 0 aliphatic heterocycles. The lowest BCUT2D eigenvalue weighted by atomic mass is 10.0. The first-order chi connectivity index (χ1) is 11.1. The Balaban J connectivity index is 3.54. The van der Waals surface area contributed by atoms with Crippen molar-refractivity contribution in [1.82, 2.24) is 0 Å². The minimum Gasteiger partial charge on any atom is -0.509 e. The van der Waals surface area contributed by atoms with Gasteiger partial charge in [0.15, 0.2) is 0 Å². The third kappa shape index (κ3) is 14.3. The van der Waals surface area contributed by atoms with Crippen LogP contribution in [0.5, 0.6) is 0 Å². The van der Waals surface area contributed by atoms with Crippen molar-refractivity contribution < 1.29 is 15.0 Å².